The first-order valence-corrected chi connectivity index (χ1v) is 8.13. The maximum absolute atomic E-state index is 12.2. The topological polar surface area (TPSA) is 87.2 Å². The number of nitrogens with one attached hydrogen (secondary N) is 2. The summed E-state index contributed by atoms with van der Waals surface area (Å²) in [7, 11) is 3.97. The molecule has 0 radical (unpaired) electrons. The van der Waals surface area contributed by atoms with Gasteiger partial charge in [0, 0.05) is 25.5 Å². The monoisotopic (exact) mass is 341 g/mol. The number of hydrogen-bond donors (Lipinski definition) is 2. The summed E-state index contributed by atoms with van der Waals surface area (Å²) in [5.74, 6) is -0.605. The van der Waals surface area contributed by atoms with Crippen LogP contribution in [0.4, 0.5) is 0 Å². The Kier molecular flexibility index (Phi) is 7.03. The summed E-state index contributed by atoms with van der Waals surface area (Å²) in [5.41, 5.74) is 1.34. The molecule has 0 aliphatic rings. The fraction of sp³-hybridized carbons (Fsp3) is 0.333. The van der Waals surface area contributed by atoms with Gasteiger partial charge in [0.05, 0.1) is 0 Å². The quantitative estimate of drug-likeness (QED) is 0.702. The molecule has 7 nitrogen and oxygen atoms in total. The minimum Gasteiger partial charge on any atom is -0.351 e. The van der Waals surface area contributed by atoms with Crippen molar-refractivity contribution in [3.63, 3.8) is 0 Å². The van der Waals surface area contributed by atoms with E-state index in [0.717, 1.165) is 18.5 Å². The average molecular weight is 341 g/mol. The number of aromatic nitrogens is 2. The molecular weight excluding hydrogens is 318 g/mol. The van der Waals surface area contributed by atoms with E-state index in [0.29, 0.717) is 13.1 Å². The van der Waals surface area contributed by atoms with Crippen molar-refractivity contribution in [1.82, 2.24) is 25.5 Å². The smallest absolute Gasteiger partial charge is 0.270 e. The van der Waals surface area contributed by atoms with E-state index in [4.69, 9.17) is 0 Å². The standard InChI is InChI=1S/C18H23N5O2/c1-23(2)11-5-10-20-17(24)15-7-3-8-16(22-15)18(25)21-13-14-6-4-9-19-12-14/h3-4,6-9,12H,5,10-11,13H2,1-2H3,(H,20,24)(H,21,25). The number of rotatable bonds is 8. The van der Waals surface area contributed by atoms with Gasteiger partial charge in [-0.1, -0.05) is 12.1 Å². The van der Waals surface area contributed by atoms with E-state index in [9.17, 15) is 9.59 Å². The van der Waals surface area contributed by atoms with Gasteiger partial charge in [0.2, 0.25) is 0 Å². The third kappa shape index (κ3) is 6.31. The van der Waals surface area contributed by atoms with Crippen molar-refractivity contribution >= 4 is 11.8 Å². The van der Waals surface area contributed by atoms with Crippen LogP contribution < -0.4 is 10.6 Å². The van der Waals surface area contributed by atoms with Crippen molar-refractivity contribution < 1.29 is 9.59 Å². The second-order valence-corrected chi connectivity index (χ2v) is 5.86. The molecule has 2 heterocycles. The van der Waals surface area contributed by atoms with Gasteiger partial charge in [-0.05, 0) is 50.8 Å². The molecule has 0 atom stereocenters. The number of carbonyl (C=O) groups excluding carboxylic acids is 2. The number of nitrogens with zero attached hydrogens (tertiary/aromatic N) is 3. The highest BCUT2D eigenvalue weighted by atomic mass is 16.2. The van der Waals surface area contributed by atoms with E-state index in [1.807, 2.05) is 20.2 Å². The van der Waals surface area contributed by atoms with Gasteiger partial charge in [0.25, 0.3) is 11.8 Å². The maximum Gasteiger partial charge on any atom is 0.270 e. The van der Waals surface area contributed by atoms with Crippen LogP contribution in [0.1, 0.15) is 33.0 Å². The summed E-state index contributed by atoms with van der Waals surface area (Å²) in [5, 5.41) is 5.58. The highest BCUT2D eigenvalue weighted by molar-refractivity contribution is 5.96. The van der Waals surface area contributed by atoms with Gasteiger partial charge in [0.1, 0.15) is 11.4 Å². The van der Waals surface area contributed by atoms with E-state index in [2.05, 4.69) is 25.5 Å². The summed E-state index contributed by atoms with van der Waals surface area (Å²) >= 11 is 0. The minimum absolute atomic E-state index is 0.213. The zero-order chi connectivity index (χ0) is 18.1. The lowest BCUT2D eigenvalue weighted by Crippen LogP contribution is -2.29. The fourth-order valence-electron chi connectivity index (χ4n) is 2.15. The first-order valence-electron chi connectivity index (χ1n) is 8.13. The van der Waals surface area contributed by atoms with Gasteiger partial charge >= 0.3 is 0 Å². The Labute approximate surface area is 147 Å². The summed E-state index contributed by atoms with van der Waals surface area (Å²) in [6.45, 7) is 1.82. The van der Waals surface area contributed by atoms with Crippen LogP contribution in [0.15, 0.2) is 42.7 Å². The molecule has 0 aliphatic heterocycles. The lowest BCUT2D eigenvalue weighted by Gasteiger charge is -2.10. The van der Waals surface area contributed by atoms with Gasteiger partial charge < -0.3 is 15.5 Å². The van der Waals surface area contributed by atoms with E-state index in [1.54, 1.807) is 36.7 Å². The van der Waals surface area contributed by atoms with Crippen molar-refractivity contribution in [3.8, 4) is 0 Å². The molecule has 25 heavy (non-hydrogen) atoms. The third-order valence-electron chi connectivity index (χ3n) is 3.46. The predicted molar refractivity (Wildman–Crippen MR) is 95.1 cm³/mol. The predicted octanol–water partition coefficient (Wildman–Crippen LogP) is 1.09. The lowest BCUT2D eigenvalue weighted by atomic mass is 10.2. The van der Waals surface area contributed by atoms with Crippen LogP contribution in [0.25, 0.3) is 0 Å². The largest absolute Gasteiger partial charge is 0.351 e. The lowest BCUT2D eigenvalue weighted by molar-refractivity contribution is 0.0942. The Balaban J connectivity index is 1.88. The molecular formula is C18H23N5O2. The van der Waals surface area contributed by atoms with E-state index >= 15 is 0 Å². The Hall–Kier alpha value is -2.80. The van der Waals surface area contributed by atoms with Crippen LogP contribution in [0.5, 0.6) is 0 Å². The van der Waals surface area contributed by atoms with Crippen LogP contribution in [0.3, 0.4) is 0 Å². The first-order chi connectivity index (χ1) is 12.1. The zero-order valence-corrected chi connectivity index (χ0v) is 14.5. The van der Waals surface area contributed by atoms with E-state index < -0.39 is 0 Å². The summed E-state index contributed by atoms with van der Waals surface area (Å²) in [4.78, 5) is 34.5. The highest BCUT2D eigenvalue weighted by Crippen LogP contribution is 2.01. The van der Waals surface area contributed by atoms with Crippen molar-refractivity contribution in [2.75, 3.05) is 27.2 Å². The molecule has 132 valence electrons. The van der Waals surface area contributed by atoms with Crippen LogP contribution in [0, 0.1) is 0 Å². The number of amides is 2. The summed E-state index contributed by atoms with van der Waals surface area (Å²) in [6, 6.07) is 8.51. The second kappa shape index (κ2) is 9.48. The molecule has 2 rings (SSSR count). The van der Waals surface area contributed by atoms with Crippen LogP contribution in [0.2, 0.25) is 0 Å². The van der Waals surface area contributed by atoms with Crippen molar-refractivity contribution in [2.24, 2.45) is 0 Å². The molecule has 0 saturated carbocycles. The minimum atomic E-state index is -0.328. The van der Waals surface area contributed by atoms with Gasteiger partial charge in [-0.15, -0.1) is 0 Å². The molecule has 0 saturated heterocycles. The zero-order valence-electron chi connectivity index (χ0n) is 14.5. The van der Waals surface area contributed by atoms with Gasteiger partial charge in [-0.3, -0.25) is 14.6 Å². The molecule has 2 N–H and O–H groups in total. The molecule has 0 fully saturated rings. The molecule has 2 aromatic rings. The molecule has 0 spiro atoms. The maximum atomic E-state index is 12.2. The molecule has 0 aromatic carbocycles. The molecule has 2 amide bonds. The Bertz CT molecular complexity index is 704. The highest BCUT2D eigenvalue weighted by Gasteiger charge is 2.12. The summed E-state index contributed by atoms with van der Waals surface area (Å²) in [6.07, 6.45) is 4.21. The van der Waals surface area contributed by atoms with Crippen molar-refractivity contribution in [2.45, 2.75) is 13.0 Å². The number of hydrogen-bond acceptors (Lipinski definition) is 5. The second-order valence-electron chi connectivity index (χ2n) is 5.86. The summed E-state index contributed by atoms with van der Waals surface area (Å²) < 4.78 is 0. The molecule has 0 bridgehead atoms. The van der Waals surface area contributed by atoms with Crippen molar-refractivity contribution in [3.05, 3.63) is 59.7 Å². The molecule has 2 aromatic heterocycles. The van der Waals surface area contributed by atoms with Crippen LogP contribution in [-0.2, 0) is 6.54 Å². The third-order valence-corrected chi connectivity index (χ3v) is 3.46. The Morgan fingerprint density at radius 1 is 1.04 bits per heavy atom. The fourth-order valence-corrected chi connectivity index (χ4v) is 2.15. The van der Waals surface area contributed by atoms with E-state index in [-0.39, 0.29) is 23.2 Å². The number of carbonyl (C=O) groups is 2. The van der Waals surface area contributed by atoms with Gasteiger partial charge in [-0.2, -0.15) is 0 Å². The van der Waals surface area contributed by atoms with Crippen molar-refractivity contribution in [1.29, 1.82) is 0 Å². The van der Waals surface area contributed by atoms with E-state index in [1.165, 1.54) is 0 Å². The molecule has 7 heteroatoms. The van der Waals surface area contributed by atoms with Crippen LogP contribution >= 0.6 is 0 Å². The van der Waals surface area contributed by atoms with Crippen LogP contribution in [-0.4, -0.2) is 53.9 Å². The number of pyridine rings is 2. The Morgan fingerprint density at radius 2 is 1.76 bits per heavy atom. The average Bonchev–Trinajstić information content (AvgIpc) is 2.64. The van der Waals surface area contributed by atoms with Gasteiger partial charge in [-0.25, -0.2) is 4.98 Å². The Morgan fingerprint density at radius 3 is 2.40 bits per heavy atom. The normalized spacial score (nSPS) is 10.5. The SMILES string of the molecule is CN(C)CCCNC(=O)c1cccc(C(=O)NCc2cccnc2)n1. The first kappa shape index (κ1) is 18.5. The molecule has 0 unspecified atom stereocenters. The molecule has 0 aliphatic carbocycles. The van der Waals surface area contributed by atoms with Gasteiger partial charge in [0.15, 0.2) is 0 Å².